The Morgan fingerprint density at radius 2 is 2.67 bits per heavy atom. The van der Waals surface area contributed by atoms with Gasteiger partial charge in [0, 0.05) is 0 Å². The van der Waals surface area contributed by atoms with Crippen LogP contribution in [-0.4, -0.2) is 16.6 Å². The van der Waals surface area contributed by atoms with Gasteiger partial charge in [-0.15, -0.1) is 9.94 Å². The van der Waals surface area contributed by atoms with Crippen LogP contribution >= 0.6 is 0 Å². The van der Waals surface area contributed by atoms with Crippen LogP contribution in [0.1, 0.15) is 6.92 Å². The van der Waals surface area contributed by atoms with E-state index in [1.807, 2.05) is 0 Å². The van der Waals surface area contributed by atoms with Crippen molar-refractivity contribution in [1.82, 2.24) is 9.94 Å². The summed E-state index contributed by atoms with van der Waals surface area (Å²) in [6.07, 6.45) is 2.26. The van der Waals surface area contributed by atoms with Crippen LogP contribution in [0.2, 0.25) is 0 Å². The molecule has 0 aliphatic rings. The molecule has 0 amide bonds. The standard InChI is InChI=1S/C5H7FN2O/c1-2-9-8-4-5(6)3-7-8/h3-4H,2H2,1H3. The number of hydrogen-bond acceptors (Lipinski definition) is 2. The van der Waals surface area contributed by atoms with Gasteiger partial charge in [0.05, 0.1) is 6.20 Å². The third kappa shape index (κ3) is 1.42. The van der Waals surface area contributed by atoms with Gasteiger partial charge in [-0.25, -0.2) is 4.39 Å². The molecule has 0 spiro atoms. The molecule has 0 atom stereocenters. The first kappa shape index (κ1) is 6.07. The molecule has 0 aliphatic carbocycles. The maximum atomic E-state index is 12.1. The lowest BCUT2D eigenvalue weighted by Gasteiger charge is -1.97. The van der Waals surface area contributed by atoms with Crippen LogP contribution in [0, 0.1) is 5.82 Å². The van der Waals surface area contributed by atoms with Crippen molar-refractivity contribution in [2.75, 3.05) is 6.61 Å². The van der Waals surface area contributed by atoms with Gasteiger partial charge in [0.2, 0.25) is 0 Å². The molecule has 0 fully saturated rings. The highest BCUT2D eigenvalue weighted by Crippen LogP contribution is 1.89. The molecule has 0 aliphatic heterocycles. The zero-order valence-corrected chi connectivity index (χ0v) is 5.04. The molecule has 0 saturated heterocycles. The van der Waals surface area contributed by atoms with Crippen molar-refractivity contribution in [3.05, 3.63) is 18.2 Å². The van der Waals surface area contributed by atoms with Gasteiger partial charge in [0.15, 0.2) is 5.82 Å². The van der Waals surface area contributed by atoms with Gasteiger partial charge in [-0.2, -0.15) is 0 Å². The molecular weight excluding hydrogens is 123 g/mol. The van der Waals surface area contributed by atoms with E-state index >= 15 is 0 Å². The molecule has 0 unspecified atom stereocenters. The second-order valence-corrected chi connectivity index (χ2v) is 1.48. The fraction of sp³-hybridized carbons (Fsp3) is 0.400. The van der Waals surface area contributed by atoms with Crippen molar-refractivity contribution in [3.63, 3.8) is 0 Å². The fourth-order valence-corrected chi connectivity index (χ4v) is 0.487. The summed E-state index contributed by atoms with van der Waals surface area (Å²) in [4.78, 5) is 5.88. The topological polar surface area (TPSA) is 27.1 Å². The Morgan fingerprint density at radius 1 is 1.89 bits per heavy atom. The van der Waals surface area contributed by atoms with Gasteiger partial charge in [0.1, 0.15) is 12.8 Å². The Balaban J connectivity index is 2.61. The van der Waals surface area contributed by atoms with E-state index in [1.54, 1.807) is 6.92 Å². The molecular formula is C5H7FN2O. The summed E-state index contributed by atoms with van der Waals surface area (Å²) in [5.74, 6) is -0.386. The van der Waals surface area contributed by atoms with E-state index in [-0.39, 0.29) is 5.82 Å². The van der Waals surface area contributed by atoms with E-state index in [0.29, 0.717) is 6.61 Å². The molecule has 9 heavy (non-hydrogen) atoms. The Hall–Kier alpha value is -1.06. The molecule has 1 aromatic heterocycles. The summed E-state index contributed by atoms with van der Waals surface area (Å²) in [5.41, 5.74) is 0. The van der Waals surface area contributed by atoms with E-state index in [1.165, 1.54) is 6.20 Å². The van der Waals surface area contributed by atoms with E-state index in [0.717, 1.165) is 11.0 Å². The molecule has 3 nitrogen and oxygen atoms in total. The lowest BCUT2D eigenvalue weighted by Crippen LogP contribution is -2.10. The second-order valence-electron chi connectivity index (χ2n) is 1.48. The van der Waals surface area contributed by atoms with Crippen LogP contribution < -0.4 is 4.84 Å². The summed E-state index contributed by atoms with van der Waals surface area (Å²) in [7, 11) is 0. The normalized spacial score (nSPS) is 9.56. The molecule has 0 aromatic carbocycles. The monoisotopic (exact) mass is 130 g/mol. The van der Waals surface area contributed by atoms with Gasteiger partial charge in [0.25, 0.3) is 0 Å². The van der Waals surface area contributed by atoms with Crippen molar-refractivity contribution in [2.45, 2.75) is 6.92 Å². The number of rotatable bonds is 2. The van der Waals surface area contributed by atoms with E-state index in [4.69, 9.17) is 4.84 Å². The van der Waals surface area contributed by atoms with Crippen LogP contribution in [-0.2, 0) is 0 Å². The average molecular weight is 130 g/mol. The SMILES string of the molecule is CCOn1cc(F)cn1. The van der Waals surface area contributed by atoms with Crippen LogP contribution in [0.4, 0.5) is 4.39 Å². The lowest BCUT2D eigenvalue weighted by atomic mass is 10.7. The van der Waals surface area contributed by atoms with Crippen LogP contribution in [0.25, 0.3) is 0 Å². The van der Waals surface area contributed by atoms with Crippen molar-refractivity contribution < 1.29 is 9.23 Å². The second kappa shape index (κ2) is 2.48. The van der Waals surface area contributed by atoms with Crippen LogP contribution in [0.3, 0.4) is 0 Å². The van der Waals surface area contributed by atoms with Gasteiger partial charge in [-0.05, 0) is 6.92 Å². The van der Waals surface area contributed by atoms with Gasteiger partial charge < -0.3 is 4.84 Å². The Bertz CT molecular complexity index is 187. The maximum Gasteiger partial charge on any atom is 0.164 e. The molecule has 0 bridgehead atoms. The minimum atomic E-state index is -0.386. The quantitative estimate of drug-likeness (QED) is 0.581. The van der Waals surface area contributed by atoms with Crippen molar-refractivity contribution in [3.8, 4) is 0 Å². The maximum absolute atomic E-state index is 12.1. The zero-order chi connectivity index (χ0) is 6.69. The molecule has 1 heterocycles. The van der Waals surface area contributed by atoms with Crippen molar-refractivity contribution >= 4 is 0 Å². The molecule has 4 heteroatoms. The number of aromatic nitrogens is 2. The molecule has 0 N–H and O–H groups in total. The summed E-state index contributed by atoms with van der Waals surface area (Å²) in [6.45, 7) is 2.29. The Kier molecular flexibility index (Phi) is 1.67. The average Bonchev–Trinajstić information content (AvgIpc) is 2.17. The minimum Gasteiger partial charge on any atom is -0.397 e. The highest BCUT2D eigenvalue weighted by Gasteiger charge is 1.92. The summed E-state index contributed by atoms with van der Waals surface area (Å²) in [6, 6.07) is 0. The van der Waals surface area contributed by atoms with Gasteiger partial charge >= 0.3 is 0 Å². The number of hydrogen-bond donors (Lipinski definition) is 0. The summed E-state index contributed by atoms with van der Waals surface area (Å²) in [5, 5.41) is 3.52. The molecule has 0 radical (unpaired) electrons. The third-order valence-corrected chi connectivity index (χ3v) is 0.790. The Labute approximate surface area is 52.0 Å². The molecule has 1 aromatic rings. The van der Waals surface area contributed by atoms with Crippen LogP contribution in [0.5, 0.6) is 0 Å². The predicted octanol–water partition coefficient (Wildman–Crippen LogP) is 0.471. The minimum absolute atomic E-state index is 0.386. The van der Waals surface area contributed by atoms with E-state index in [2.05, 4.69) is 5.10 Å². The predicted molar refractivity (Wildman–Crippen MR) is 29.3 cm³/mol. The Morgan fingerprint density at radius 3 is 3.11 bits per heavy atom. The first-order valence-electron chi connectivity index (χ1n) is 2.66. The third-order valence-electron chi connectivity index (χ3n) is 0.790. The molecule has 50 valence electrons. The highest BCUT2D eigenvalue weighted by atomic mass is 19.1. The van der Waals surface area contributed by atoms with Crippen molar-refractivity contribution in [2.24, 2.45) is 0 Å². The van der Waals surface area contributed by atoms with Gasteiger partial charge in [-0.1, -0.05) is 0 Å². The summed E-state index contributed by atoms with van der Waals surface area (Å²) >= 11 is 0. The van der Waals surface area contributed by atoms with Crippen molar-refractivity contribution in [1.29, 1.82) is 0 Å². The van der Waals surface area contributed by atoms with Gasteiger partial charge in [-0.3, -0.25) is 0 Å². The molecule has 0 saturated carbocycles. The fourth-order valence-electron chi connectivity index (χ4n) is 0.487. The smallest absolute Gasteiger partial charge is 0.164 e. The number of nitrogens with zero attached hydrogens (tertiary/aromatic N) is 2. The molecule has 1 rings (SSSR count). The highest BCUT2D eigenvalue weighted by molar-refractivity contribution is 4.81. The first-order valence-corrected chi connectivity index (χ1v) is 2.66. The first-order chi connectivity index (χ1) is 4.33. The zero-order valence-electron chi connectivity index (χ0n) is 5.04. The lowest BCUT2D eigenvalue weighted by molar-refractivity contribution is 0.0921. The summed E-state index contributed by atoms with van der Waals surface area (Å²) < 4.78 is 12.1. The van der Waals surface area contributed by atoms with E-state index < -0.39 is 0 Å². The van der Waals surface area contributed by atoms with Crippen LogP contribution in [0.15, 0.2) is 12.4 Å². The number of halogens is 1. The van der Waals surface area contributed by atoms with E-state index in [9.17, 15) is 4.39 Å². The largest absolute Gasteiger partial charge is 0.397 e.